The number of fused-ring (bicyclic) bond motifs is 3. The van der Waals surface area contributed by atoms with E-state index < -0.39 is 32.9 Å². The van der Waals surface area contributed by atoms with Crippen molar-refractivity contribution in [3.63, 3.8) is 0 Å². The number of thiophene rings is 1. The molecule has 0 saturated heterocycles. The molecule has 48 heavy (non-hydrogen) atoms. The second kappa shape index (κ2) is 15.0. The molecule has 245 valence electrons. The van der Waals surface area contributed by atoms with E-state index in [9.17, 15) is 4.39 Å². The second-order valence-electron chi connectivity index (χ2n) is 12.7. The zero-order chi connectivity index (χ0) is 39.2. The van der Waals surface area contributed by atoms with E-state index in [1.54, 1.807) is 18.2 Å². The smallest absolute Gasteiger partial charge is 0.124 e. The molecule has 0 N–H and O–H groups in total. The van der Waals surface area contributed by atoms with Crippen LogP contribution in [0, 0.1) is 31.7 Å². The van der Waals surface area contributed by atoms with Gasteiger partial charge in [-0.2, -0.15) is 11.3 Å². The summed E-state index contributed by atoms with van der Waals surface area (Å²) < 4.78 is 71.3. The molecule has 4 aromatic carbocycles. The summed E-state index contributed by atoms with van der Waals surface area (Å²) in [6.45, 7) is -0.613. The molecule has 2 nitrogen and oxygen atoms in total. The quantitative estimate of drug-likeness (QED) is 0.127. The molecule has 7 aromatic rings. The maximum absolute atomic E-state index is 13.7. The molecule has 6 heteroatoms. The van der Waals surface area contributed by atoms with Crippen LogP contribution in [0.1, 0.15) is 46.0 Å². The first-order valence-corrected chi connectivity index (χ1v) is 23.5. The van der Waals surface area contributed by atoms with Gasteiger partial charge < -0.3 is 4.98 Å². The third-order valence-corrected chi connectivity index (χ3v) is 13.4. The largest absolute Gasteiger partial charge is 0.304 e. The van der Waals surface area contributed by atoms with Gasteiger partial charge in [-0.05, 0) is 51.5 Å². The van der Waals surface area contributed by atoms with Crippen molar-refractivity contribution in [1.29, 1.82) is 0 Å². The zero-order valence-electron chi connectivity index (χ0n) is 34.3. The minimum Gasteiger partial charge on any atom is -0.304 e. The molecule has 0 unspecified atom stereocenters. The Morgan fingerprint density at radius 1 is 0.854 bits per heavy atom. The Morgan fingerprint density at radius 2 is 1.65 bits per heavy atom. The molecular formula is C42H39FGeIrN2S-2. The molecule has 0 spiro atoms. The average Bonchev–Trinajstić information content (AvgIpc) is 3.48. The van der Waals surface area contributed by atoms with Gasteiger partial charge in [0.1, 0.15) is 5.82 Å². The molecule has 0 bridgehead atoms. The zero-order valence-corrected chi connectivity index (χ0v) is 32.6. The van der Waals surface area contributed by atoms with Gasteiger partial charge in [0, 0.05) is 35.1 Å². The molecule has 0 aliphatic rings. The van der Waals surface area contributed by atoms with Crippen molar-refractivity contribution in [3.8, 4) is 33.6 Å². The summed E-state index contributed by atoms with van der Waals surface area (Å²) in [7, 11) is 0. The number of aromatic nitrogens is 2. The Labute approximate surface area is 314 Å². The molecule has 0 aliphatic heterocycles. The molecule has 3 aromatic heterocycles. The normalized spacial score (nSPS) is 14.2. The number of aryl methyl sites for hydroxylation is 2. The number of halogens is 1. The summed E-state index contributed by atoms with van der Waals surface area (Å²) in [5.74, 6) is 5.91. The predicted octanol–water partition coefficient (Wildman–Crippen LogP) is 11.6. The van der Waals surface area contributed by atoms with E-state index in [0.29, 0.717) is 11.3 Å². The molecular weight excluding hydrogens is 848 g/mol. The van der Waals surface area contributed by atoms with Crippen LogP contribution in [0.5, 0.6) is 0 Å². The fourth-order valence-corrected chi connectivity index (χ4v) is 10.1. The van der Waals surface area contributed by atoms with Crippen LogP contribution in [-0.2, 0) is 20.1 Å². The number of nitrogens with zero attached hydrogens (tertiary/aromatic N) is 2. The van der Waals surface area contributed by atoms with E-state index in [-0.39, 0.29) is 37.0 Å². The van der Waals surface area contributed by atoms with Crippen LogP contribution >= 0.6 is 11.3 Å². The van der Waals surface area contributed by atoms with Gasteiger partial charge in [-0.3, -0.25) is 0 Å². The van der Waals surface area contributed by atoms with Crippen molar-refractivity contribution < 1.29 is 34.1 Å². The number of hydrogen-bond donors (Lipinski definition) is 0. The Bertz CT molecular complexity index is 2450. The Balaban J connectivity index is 0.000000213. The number of hydrogen-bond acceptors (Lipinski definition) is 3. The summed E-state index contributed by atoms with van der Waals surface area (Å²) in [4.78, 5) is 9.05. The van der Waals surface area contributed by atoms with Crippen molar-refractivity contribution >= 4 is 49.2 Å². The molecule has 7 rings (SSSR count). The van der Waals surface area contributed by atoms with Crippen LogP contribution in [0.25, 0.3) is 53.8 Å². The van der Waals surface area contributed by atoms with E-state index in [4.69, 9.17) is 9.60 Å². The summed E-state index contributed by atoms with van der Waals surface area (Å²) in [6.07, 6.45) is 3.34. The van der Waals surface area contributed by atoms with Gasteiger partial charge >= 0.3 is 131 Å². The number of pyridine rings is 2. The Kier molecular flexibility index (Phi) is 8.53. The third kappa shape index (κ3) is 7.71. The van der Waals surface area contributed by atoms with Crippen LogP contribution in [0.3, 0.4) is 0 Å². The van der Waals surface area contributed by atoms with Crippen LogP contribution in [0.4, 0.5) is 4.39 Å². The van der Waals surface area contributed by atoms with Crippen molar-refractivity contribution in [2.24, 2.45) is 0 Å². The van der Waals surface area contributed by atoms with Gasteiger partial charge in [0.05, 0.1) is 0 Å². The molecule has 1 radical (unpaired) electrons. The first kappa shape index (κ1) is 27.4. The topological polar surface area (TPSA) is 25.8 Å². The monoisotopic (exact) mass is 896 g/mol. The molecule has 0 aliphatic carbocycles. The van der Waals surface area contributed by atoms with E-state index in [1.165, 1.54) is 40.1 Å². The van der Waals surface area contributed by atoms with Gasteiger partial charge in [-0.1, -0.05) is 47.9 Å². The maximum atomic E-state index is 13.7. The van der Waals surface area contributed by atoms with Crippen molar-refractivity contribution in [2.45, 2.75) is 50.7 Å². The van der Waals surface area contributed by atoms with Crippen LogP contribution in [0.15, 0.2) is 103 Å². The summed E-state index contributed by atoms with van der Waals surface area (Å²) >= 11 is -0.654. The summed E-state index contributed by atoms with van der Waals surface area (Å²) in [6, 6.07) is 32.9. The van der Waals surface area contributed by atoms with E-state index in [1.807, 2.05) is 74.6 Å². The average molecular weight is 895 g/mol. The number of rotatable bonds is 5. The minimum absolute atomic E-state index is 0. The van der Waals surface area contributed by atoms with Gasteiger partial charge in [0.2, 0.25) is 0 Å². The molecule has 0 atom stereocenters. The summed E-state index contributed by atoms with van der Waals surface area (Å²) in [5, 5.41) is 1.99. The van der Waals surface area contributed by atoms with E-state index in [0.717, 1.165) is 48.1 Å². The fraction of sp³-hybridized carbons (Fsp3) is 0.190. The minimum atomic E-state index is -2.28. The van der Waals surface area contributed by atoms with Crippen LogP contribution in [-0.4, -0.2) is 23.2 Å². The maximum Gasteiger partial charge on any atom is 0.124 e. The molecule has 0 saturated carbocycles. The first-order chi connectivity index (χ1) is 25.2. The van der Waals surface area contributed by atoms with E-state index in [2.05, 4.69) is 39.4 Å². The third-order valence-electron chi connectivity index (χ3n) is 7.98. The molecule has 0 fully saturated rings. The molecule has 0 amide bonds. The van der Waals surface area contributed by atoms with Crippen molar-refractivity contribution in [1.82, 2.24) is 9.97 Å². The fourth-order valence-electron chi connectivity index (χ4n) is 5.55. The van der Waals surface area contributed by atoms with Crippen LogP contribution in [0.2, 0.25) is 17.3 Å². The van der Waals surface area contributed by atoms with Gasteiger partial charge in [0.15, 0.2) is 0 Å². The molecule has 3 heterocycles. The van der Waals surface area contributed by atoms with Crippen molar-refractivity contribution in [3.05, 3.63) is 138 Å². The predicted molar refractivity (Wildman–Crippen MR) is 202 cm³/mol. The van der Waals surface area contributed by atoms with Crippen LogP contribution < -0.4 is 4.40 Å². The van der Waals surface area contributed by atoms with Gasteiger partial charge in [-0.25, -0.2) is 4.39 Å². The van der Waals surface area contributed by atoms with Crippen molar-refractivity contribution in [2.75, 3.05) is 0 Å². The summed E-state index contributed by atoms with van der Waals surface area (Å²) in [5.41, 5.74) is 5.84. The SMILES string of the molecule is [2H]C([2H])([2H])c1c[c-]c(-c2cc(C([2H])(C)C)[c]([Ge]([CH3])([CH3])[CH3])cn2)cc1.[2H]C([2H])([2H])c1cnc(-c2[c-]ccc3c2sc2cc(F)ccc23)cc1-c1ccccc1.[Ir]. The second-order valence-corrected chi connectivity index (χ2v) is 24.3. The standard InChI is InChI=1S/C24H15FNS.C18H24GeN.Ir/c1-15-14-26-22(13-21(15)16-6-3-2-4-7-16)20-9-5-8-19-18-11-10-17(25)12-23(18)27-24(19)20;1-13(2)16-11-18(15-9-7-14(3)8-10-15)20-12-17(16)19(4,5)6;/h2-8,10-14H,1H3;7-9,11-13H,1-6H3;/q2*-1;/i1D3;3D3,13D;. The Hall–Kier alpha value is -3.48. The van der Waals surface area contributed by atoms with E-state index >= 15 is 0 Å². The Morgan fingerprint density at radius 3 is 2.33 bits per heavy atom. The first-order valence-electron chi connectivity index (χ1n) is 18.8. The van der Waals surface area contributed by atoms with Gasteiger partial charge in [0.25, 0.3) is 0 Å². The van der Waals surface area contributed by atoms with Gasteiger partial charge in [-0.15, -0.1) is 23.8 Å². The number of benzene rings is 4.